The third-order valence-corrected chi connectivity index (χ3v) is 5.00. The molecule has 28 heavy (non-hydrogen) atoms. The van der Waals surface area contributed by atoms with Crippen molar-refractivity contribution in [3.8, 4) is 0 Å². The van der Waals surface area contributed by atoms with Gasteiger partial charge in [-0.3, -0.25) is 9.59 Å². The van der Waals surface area contributed by atoms with E-state index in [0.29, 0.717) is 13.0 Å². The Morgan fingerprint density at radius 1 is 0.964 bits per heavy atom. The minimum absolute atomic E-state index is 0.0673. The van der Waals surface area contributed by atoms with Crippen molar-refractivity contribution in [3.63, 3.8) is 0 Å². The first-order valence-electron chi connectivity index (χ1n) is 10.1. The van der Waals surface area contributed by atoms with Crippen LogP contribution in [0, 0.1) is 13.8 Å². The molecule has 0 atom stereocenters. The fourth-order valence-electron chi connectivity index (χ4n) is 3.40. The van der Waals surface area contributed by atoms with E-state index in [-0.39, 0.29) is 36.9 Å². The highest BCUT2D eigenvalue weighted by atomic mass is 16.2. The van der Waals surface area contributed by atoms with Crippen molar-refractivity contribution in [2.45, 2.75) is 64.8 Å². The van der Waals surface area contributed by atoms with E-state index in [9.17, 15) is 14.4 Å². The van der Waals surface area contributed by atoms with Crippen molar-refractivity contribution in [2.24, 2.45) is 0 Å². The fourth-order valence-corrected chi connectivity index (χ4v) is 3.40. The predicted octanol–water partition coefficient (Wildman–Crippen LogP) is 2.77. The number of carbonyl (C=O) groups excluding carboxylic acids is 3. The van der Waals surface area contributed by atoms with E-state index >= 15 is 0 Å². The van der Waals surface area contributed by atoms with Crippen LogP contribution in [0.3, 0.4) is 0 Å². The van der Waals surface area contributed by atoms with Crippen LogP contribution in [0.2, 0.25) is 0 Å². The lowest BCUT2D eigenvalue weighted by atomic mass is 9.96. The van der Waals surface area contributed by atoms with Crippen molar-refractivity contribution in [1.82, 2.24) is 16.0 Å². The molecule has 1 aliphatic rings. The summed E-state index contributed by atoms with van der Waals surface area (Å²) in [7, 11) is 0. The molecule has 0 aromatic heterocycles. The quantitative estimate of drug-likeness (QED) is 0.515. The summed E-state index contributed by atoms with van der Waals surface area (Å²) >= 11 is 0. The molecule has 1 fully saturated rings. The van der Waals surface area contributed by atoms with Crippen LogP contribution in [0.25, 0.3) is 0 Å². The van der Waals surface area contributed by atoms with Gasteiger partial charge in [0.2, 0.25) is 11.8 Å². The second-order valence-corrected chi connectivity index (χ2v) is 7.43. The summed E-state index contributed by atoms with van der Waals surface area (Å²) in [6.45, 7) is 4.22. The van der Waals surface area contributed by atoms with Crippen LogP contribution < -0.4 is 21.3 Å². The topological polar surface area (TPSA) is 99.3 Å². The van der Waals surface area contributed by atoms with E-state index in [1.807, 2.05) is 32.0 Å². The van der Waals surface area contributed by atoms with Crippen molar-refractivity contribution >= 4 is 23.5 Å². The molecule has 0 spiro atoms. The Morgan fingerprint density at radius 2 is 1.64 bits per heavy atom. The lowest BCUT2D eigenvalue weighted by molar-refractivity contribution is -0.124. The maximum absolute atomic E-state index is 12.0. The van der Waals surface area contributed by atoms with Gasteiger partial charge in [-0.05, 0) is 44.2 Å². The average molecular weight is 389 g/mol. The van der Waals surface area contributed by atoms with Gasteiger partial charge >= 0.3 is 6.03 Å². The number of aryl methyl sites for hydroxylation is 2. The molecular formula is C21H32N4O3. The molecule has 0 aliphatic heterocycles. The summed E-state index contributed by atoms with van der Waals surface area (Å²) in [6, 6.07) is 5.90. The third kappa shape index (κ3) is 7.58. The second kappa shape index (κ2) is 11.3. The highest BCUT2D eigenvalue weighted by Crippen LogP contribution is 2.19. The van der Waals surface area contributed by atoms with Gasteiger partial charge in [-0.1, -0.05) is 37.5 Å². The van der Waals surface area contributed by atoms with Crippen LogP contribution in [0.1, 0.15) is 56.1 Å². The normalized spacial score (nSPS) is 14.2. The first-order chi connectivity index (χ1) is 13.5. The summed E-state index contributed by atoms with van der Waals surface area (Å²) < 4.78 is 0. The van der Waals surface area contributed by atoms with E-state index in [0.717, 1.165) is 29.7 Å². The molecule has 4 amide bonds. The highest BCUT2D eigenvalue weighted by molar-refractivity contribution is 5.95. The SMILES string of the molecule is Cc1cccc(C)c1NC(=O)CNC(=O)CCCNC(=O)NC1CCCCC1. The van der Waals surface area contributed by atoms with Crippen LogP contribution >= 0.6 is 0 Å². The van der Waals surface area contributed by atoms with Crippen LogP contribution in [0.5, 0.6) is 0 Å². The van der Waals surface area contributed by atoms with Crippen LogP contribution in [-0.4, -0.2) is 37.0 Å². The Morgan fingerprint density at radius 3 is 2.32 bits per heavy atom. The van der Waals surface area contributed by atoms with Crippen molar-refractivity contribution in [1.29, 1.82) is 0 Å². The zero-order valence-electron chi connectivity index (χ0n) is 16.9. The van der Waals surface area contributed by atoms with Gasteiger partial charge in [0, 0.05) is 24.7 Å². The van der Waals surface area contributed by atoms with Crippen molar-refractivity contribution in [2.75, 3.05) is 18.4 Å². The summed E-state index contributed by atoms with van der Waals surface area (Å²) in [4.78, 5) is 35.7. The predicted molar refractivity (Wildman–Crippen MR) is 110 cm³/mol. The molecule has 154 valence electrons. The third-order valence-electron chi connectivity index (χ3n) is 5.00. The van der Waals surface area contributed by atoms with Crippen LogP contribution in [-0.2, 0) is 9.59 Å². The van der Waals surface area contributed by atoms with Gasteiger partial charge in [0.1, 0.15) is 0 Å². The first kappa shape index (κ1) is 21.7. The number of para-hydroxylation sites is 1. The Balaban J connectivity index is 1.57. The van der Waals surface area contributed by atoms with Gasteiger partial charge in [0.05, 0.1) is 6.54 Å². The zero-order valence-corrected chi connectivity index (χ0v) is 16.9. The summed E-state index contributed by atoms with van der Waals surface area (Å²) in [5, 5.41) is 11.2. The van der Waals surface area contributed by atoms with E-state index in [1.165, 1.54) is 19.3 Å². The number of urea groups is 1. The number of benzene rings is 1. The lowest BCUT2D eigenvalue weighted by Gasteiger charge is -2.22. The molecule has 7 heteroatoms. The molecule has 0 radical (unpaired) electrons. The molecule has 1 aliphatic carbocycles. The standard InChI is InChI=1S/C21H32N4O3/c1-15-8-6-9-16(2)20(15)25-19(27)14-23-18(26)12-7-13-22-21(28)24-17-10-4-3-5-11-17/h6,8-9,17H,3-5,7,10-14H2,1-2H3,(H,23,26)(H,25,27)(H2,22,24,28). The van der Waals surface area contributed by atoms with Gasteiger partial charge in [-0.15, -0.1) is 0 Å². The number of hydrogen-bond donors (Lipinski definition) is 4. The zero-order chi connectivity index (χ0) is 20.4. The summed E-state index contributed by atoms with van der Waals surface area (Å²) in [6.07, 6.45) is 6.46. The highest BCUT2D eigenvalue weighted by Gasteiger charge is 2.15. The van der Waals surface area contributed by atoms with Crippen molar-refractivity contribution < 1.29 is 14.4 Å². The molecule has 0 unspecified atom stereocenters. The van der Waals surface area contributed by atoms with Gasteiger partial charge in [0.15, 0.2) is 0 Å². The Hall–Kier alpha value is -2.57. The maximum atomic E-state index is 12.0. The molecule has 1 saturated carbocycles. The number of rotatable bonds is 8. The van der Waals surface area contributed by atoms with E-state index in [2.05, 4.69) is 21.3 Å². The summed E-state index contributed by atoms with van der Waals surface area (Å²) in [5.41, 5.74) is 2.75. The number of amides is 4. The van der Waals surface area contributed by atoms with Gasteiger partial charge in [-0.25, -0.2) is 4.79 Å². The van der Waals surface area contributed by atoms with Crippen molar-refractivity contribution in [3.05, 3.63) is 29.3 Å². The summed E-state index contributed by atoms with van der Waals surface area (Å²) in [5.74, 6) is -0.457. The Labute approximate surface area is 167 Å². The van der Waals surface area contributed by atoms with E-state index in [1.54, 1.807) is 0 Å². The minimum atomic E-state index is -0.254. The number of nitrogens with one attached hydrogen (secondary N) is 4. The molecule has 1 aromatic carbocycles. The molecule has 0 bridgehead atoms. The van der Waals surface area contributed by atoms with Gasteiger partial charge in [-0.2, -0.15) is 0 Å². The smallest absolute Gasteiger partial charge is 0.315 e. The monoisotopic (exact) mass is 388 g/mol. The van der Waals surface area contributed by atoms with Crippen LogP contribution in [0.15, 0.2) is 18.2 Å². The molecule has 4 N–H and O–H groups in total. The molecule has 2 rings (SSSR count). The average Bonchev–Trinajstić information content (AvgIpc) is 2.67. The molecular weight excluding hydrogens is 356 g/mol. The van der Waals surface area contributed by atoms with E-state index < -0.39 is 0 Å². The van der Waals surface area contributed by atoms with Gasteiger partial charge < -0.3 is 21.3 Å². The van der Waals surface area contributed by atoms with Crippen LogP contribution in [0.4, 0.5) is 10.5 Å². The van der Waals surface area contributed by atoms with E-state index in [4.69, 9.17) is 0 Å². The fraction of sp³-hybridized carbons (Fsp3) is 0.571. The molecule has 0 heterocycles. The molecule has 1 aromatic rings. The minimum Gasteiger partial charge on any atom is -0.347 e. The Bertz CT molecular complexity index is 664. The molecule has 7 nitrogen and oxygen atoms in total. The number of hydrogen-bond acceptors (Lipinski definition) is 3. The largest absolute Gasteiger partial charge is 0.347 e. The lowest BCUT2D eigenvalue weighted by Crippen LogP contribution is -2.43. The maximum Gasteiger partial charge on any atom is 0.315 e. The number of anilines is 1. The second-order valence-electron chi connectivity index (χ2n) is 7.43. The Kier molecular flexibility index (Phi) is 8.78. The molecule has 0 saturated heterocycles. The first-order valence-corrected chi connectivity index (χ1v) is 10.1. The van der Waals surface area contributed by atoms with Gasteiger partial charge in [0.25, 0.3) is 0 Å². The number of carbonyl (C=O) groups is 3.